The molecule has 2 aliphatic rings. The summed E-state index contributed by atoms with van der Waals surface area (Å²) in [6.45, 7) is 5.92. The second kappa shape index (κ2) is 7.79. The summed E-state index contributed by atoms with van der Waals surface area (Å²) in [7, 11) is 0. The molecule has 0 aromatic rings. The Balaban J connectivity index is 1.97. The standard InChI is InChI=1S/C18H35NO/c1-18(2)14-11-15-19(18)16-12-9-7-5-3-4-6-8-10-13-17(16)20/h16-17,20H,3-15H2,1-2H3. The summed E-state index contributed by atoms with van der Waals surface area (Å²) >= 11 is 0. The molecule has 2 nitrogen and oxygen atoms in total. The monoisotopic (exact) mass is 281 g/mol. The zero-order chi connectivity index (χ0) is 14.4. The summed E-state index contributed by atoms with van der Waals surface area (Å²) in [5, 5.41) is 10.7. The molecule has 0 amide bonds. The molecule has 0 spiro atoms. The molecule has 2 atom stereocenters. The second-order valence-electron chi connectivity index (χ2n) is 7.65. The molecule has 0 bridgehead atoms. The second-order valence-corrected chi connectivity index (χ2v) is 7.65. The van der Waals surface area contributed by atoms with Crippen molar-refractivity contribution < 1.29 is 5.11 Å². The minimum absolute atomic E-state index is 0.105. The highest BCUT2D eigenvalue weighted by atomic mass is 16.3. The van der Waals surface area contributed by atoms with Crippen molar-refractivity contribution in [1.82, 2.24) is 4.90 Å². The quantitative estimate of drug-likeness (QED) is 0.764. The smallest absolute Gasteiger partial charge is 0.0695 e. The highest BCUT2D eigenvalue weighted by molar-refractivity contribution is 4.94. The van der Waals surface area contributed by atoms with Gasteiger partial charge in [-0.25, -0.2) is 0 Å². The fourth-order valence-corrected chi connectivity index (χ4v) is 4.26. The predicted octanol–water partition coefficient (Wildman–Crippen LogP) is 4.50. The first kappa shape index (κ1) is 16.3. The van der Waals surface area contributed by atoms with E-state index < -0.39 is 0 Å². The highest BCUT2D eigenvalue weighted by Gasteiger charge is 2.38. The Morgan fingerprint density at radius 1 is 0.800 bits per heavy atom. The number of hydrogen-bond acceptors (Lipinski definition) is 2. The summed E-state index contributed by atoms with van der Waals surface area (Å²) < 4.78 is 0. The highest BCUT2D eigenvalue weighted by Crippen LogP contribution is 2.34. The zero-order valence-corrected chi connectivity index (χ0v) is 13.7. The molecule has 2 heteroatoms. The summed E-state index contributed by atoms with van der Waals surface area (Å²) in [6, 6.07) is 0.409. The molecular weight excluding hydrogens is 246 g/mol. The van der Waals surface area contributed by atoms with Crippen molar-refractivity contribution in [3.8, 4) is 0 Å². The molecule has 0 aromatic carbocycles. The lowest BCUT2D eigenvalue weighted by molar-refractivity contribution is 0.00467. The lowest BCUT2D eigenvalue weighted by Crippen LogP contribution is -2.50. The van der Waals surface area contributed by atoms with E-state index >= 15 is 0 Å². The van der Waals surface area contributed by atoms with Gasteiger partial charge in [-0.15, -0.1) is 0 Å². The van der Waals surface area contributed by atoms with Gasteiger partial charge in [0.25, 0.3) is 0 Å². The van der Waals surface area contributed by atoms with E-state index in [1.165, 1.54) is 77.2 Å². The number of likely N-dealkylation sites (tertiary alicyclic amines) is 1. The van der Waals surface area contributed by atoms with Gasteiger partial charge in [-0.05, 0) is 46.1 Å². The Labute approximate surface area is 125 Å². The molecule has 1 aliphatic heterocycles. The Morgan fingerprint density at radius 2 is 1.35 bits per heavy atom. The van der Waals surface area contributed by atoms with Gasteiger partial charge < -0.3 is 5.11 Å². The molecule has 1 saturated carbocycles. The first-order valence-corrected chi connectivity index (χ1v) is 9.06. The van der Waals surface area contributed by atoms with E-state index in [2.05, 4.69) is 18.7 Å². The van der Waals surface area contributed by atoms with Crippen molar-refractivity contribution in [2.75, 3.05) is 6.54 Å². The van der Waals surface area contributed by atoms with E-state index in [0.29, 0.717) is 11.6 Å². The molecule has 2 unspecified atom stereocenters. The fraction of sp³-hybridized carbons (Fsp3) is 1.00. The summed E-state index contributed by atoms with van der Waals surface area (Å²) in [4.78, 5) is 2.63. The average molecular weight is 281 g/mol. The van der Waals surface area contributed by atoms with Crippen LogP contribution in [0.25, 0.3) is 0 Å². The molecule has 1 heterocycles. The Bertz CT molecular complexity index is 277. The van der Waals surface area contributed by atoms with Crippen LogP contribution >= 0.6 is 0 Å². The third-order valence-corrected chi connectivity index (χ3v) is 5.56. The molecule has 1 N–H and O–H groups in total. The van der Waals surface area contributed by atoms with Crippen LogP contribution < -0.4 is 0 Å². The Hall–Kier alpha value is -0.0800. The topological polar surface area (TPSA) is 23.5 Å². The van der Waals surface area contributed by atoms with Gasteiger partial charge in [0.1, 0.15) is 0 Å². The molecule has 0 aromatic heterocycles. The largest absolute Gasteiger partial charge is 0.391 e. The Morgan fingerprint density at radius 3 is 1.90 bits per heavy atom. The number of aliphatic hydroxyl groups is 1. The molecule has 118 valence electrons. The van der Waals surface area contributed by atoms with Crippen molar-refractivity contribution in [3.05, 3.63) is 0 Å². The zero-order valence-electron chi connectivity index (χ0n) is 13.7. The average Bonchev–Trinajstić information content (AvgIpc) is 2.73. The van der Waals surface area contributed by atoms with E-state index in [4.69, 9.17) is 0 Å². The van der Waals surface area contributed by atoms with Crippen LogP contribution in [0.2, 0.25) is 0 Å². The Kier molecular flexibility index (Phi) is 6.35. The third-order valence-electron chi connectivity index (χ3n) is 5.56. The maximum atomic E-state index is 10.7. The van der Waals surface area contributed by atoms with Crippen molar-refractivity contribution in [2.45, 2.75) is 109 Å². The summed E-state index contributed by atoms with van der Waals surface area (Å²) in [6.07, 6.45) is 15.5. The van der Waals surface area contributed by atoms with Gasteiger partial charge in [0.15, 0.2) is 0 Å². The molecule has 0 radical (unpaired) electrons. The van der Waals surface area contributed by atoms with Crippen molar-refractivity contribution >= 4 is 0 Å². The van der Waals surface area contributed by atoms with Crippen LogP contribution in [0, 0.1) is 0 Å². The van der Waals surface area contributed by atoms with Crippen molar-refractivity contribution in [3.63, 3.8) is 0 Å². The molecule has 2 fully saturated rings. The van der Waals surface area contributed by atoms with E-state index in [-0.39, 0.29) is 6.10 Å². The van der Waals surface area contributed by atoms with Gasteiger partial charge in [0.2, 0.25) is 0 Å². The van der Waals surface area contributed by atoms with E-state index in [1.807, 2.05) is 0 Å². The van der Waals surface area contributed by atoms with E-state index in [9.17, 15) is 5.11 Å². The van der Waals surface area contributed by atoms with E-state index in [1.54, 1.807) is 0 Å². The number of rotatable bonds is 1. The van der Waals surface area contributed by atoms with Crippen LogP contribution in [0.15, 0.2) is 0 Å². The van der Waals surface area contributed by atoms with Crippen LogP contribution in [0.5, 0.6) is 0 Å². The van der Waals surface area contributed by atoms with Gasteiger partial charge in [0, 0.05) is 11.6 Å². The fourth-order valence-electron chi connectivity index (χ4n) is 4.26. The van der Waals surface area contributed by atoms with Gasteiger partial charge in [-0.1, -0.05) is 51.4 Å². The molecular formula is C18H35NO. The summed E-state index contributed by atoms with van der Waals surface area (Å²) in [5.74, 6) is 0. The first-order valence-electron chi connectivity index (χ1n) is 9.06. The van der Waals surface area contributed by atoms with Crippen molar-refractivity contribution in [2.24, 2.45) is 0 Å². The normalized spacial score (nSPS) is 34.4. The van der Waals surface area contributed by atoms with Crippen LogP contribution in [0.1, 0.15) is 90.9 Å². The molecule has 20 heavy (non-hydrogen) atoms. The van der Waals surface area contributed by atoms with Crippen LogP contribution in [-0.2, 0) is 0 Å². The first-order chi connectivity index (χ1) is 9.61. The van der Waals surface area contributed by atoms with Gasteiger partial charge in [0.05, 0.1) is 6.10 Å². The van der Waals surface area contributed by atoms with Gasteiger partial charge in [-0.3, -0.25) is 4.90 Å². The predicted molar refractivity (Wildman–Crippen MR) is 86.0 cm³/mol. The summed E-state index contributed by atoms with van der Waals surface area (Å²) in [5.41, 5.74) is 0.294. The number of nitrogens with zero attached hydrogens (tertiary/aromatic N) is 1. The van der Waals surface area contributed by atoms with Crippen LogP contribution in [0.4, 0.5) is 0 Å². The van der Waals surface area contributed by atoms with Gasteiger partial charge >= 0.3 is 0 Å². The van der Waals surface area contributed by atoms with E-state index in [0.717, 1.165) is 6.42 Å². The molecule has 2 rings (SSSR count). The van der Waals surface area contributed by atoms with Gasteiger partial charge in [-0.2, -0.15) is 0 Å². The van der Waals surface area contributed by atoms with Crippen LogP contribution in [-0.4, -0.2) is 34.2 Å². The maximum Gasteiger partial charge on any atom is 0.0695 e. The third kappa shape index (κ3) is 4.46. The SMILES string of the molecule is CC1(C)CCCN1C1CCCCCCCCCCC1O. The number of hydrogen-bond donors (Lipinski definition) is 1. The minimum atomic E-state index is -0.105. The van der Waals surface area contributed by atoms with Crippen LogP contribution in [0.3, 0.4) is 0 Å². The maximum absolute atomic E-state index is 10.7. The van der Waals surface area contributed by atoms with Crippen molar-refractivity contribution in [1.29, 1.82) is 0 Å². The molecule has 1 saturated heterocycles. The number of aliphatic hydroxyl groups excluding tert-OH is 1. The minimum Gasteiger partial charge on any atom is -0.391 e. The molecule has 1 aliphatic carbocycles. The lowest BCUT2D eigenvalue weighted by atomic mass is 9.92. The lowest BCUT2D eigenvalue weighted by Gasteiger charge is -2.41.